The van der Waals surface area contributed by atoms with Gasteiger partial charge in [0.05, 0.1) is 11.7 Å². The number of aldehydes is 1. The maximum Gasteiger partial charge on any atom is 0.432 e. The van der Waals surface area contributed by atoms with Gasteiger partial charge in [0.15, 0.2) is 0 Å². The van der Waals surface area contributed by atoms with E-state index in [9.17, 15) is 9.59 Å². The average molecular weight is 190 g/mol. The molecule has 2 rings (SSSR count). The lowest BCUT2D eigenvalue weighted by atomic mass is 10.2. The van der Waals surface area contributed by atoms with Crippen molar-refractivity contribution in [1.29, 1.82) is 0 Å². The number of carboxylic acid groups (broad SMARTS) is 1. The standard InChI is InChI=1S/C9H6N2O3/c12-5-6-1-2-8-7(3-6)4-10-11(8)9(13)14/h1-5H,(H,13,14). The first-order valence-corrected chi connectivity index (χ1v) is 3.88. The van der Waals surface area contributed by atoms with Crippen molar-refractivity contribution in [2.24, 2.45) is 0 Å². The monoisotopic (exact) mass is 190 g/mol. The molecule has 1 heterocycles. The van der Waals surface area contributed by atoms with Gasteiger partial charge in [0, 0.05) is 10.9 Å². The summed E-state index contributed by atoms with van der Waals surface area (Å²) < 4.78 is 0.865. The molecule has 0 spiro atoms. The Kier molecular flexibility index (Phi) is 1.78. The van der Waals surface area contributed by atoms with Gasteiger partial charge in [-0.2, -0.15) is 9.78 Å². The molecule has 0 aliphatic rings. The van der Waals surface area contributed by atoms with Gasteiger partial charge in [-0.1, -0.05) is 0 Å². The summed E-state index contributed by atoms with van der Waals surface area (Å²) in [7, 11) is 0. The molecule has 70 valence electrons. The molecule has 0 aliphatic carbocycles. The van der Waals surface area contributed by atoms with Gasteiger partial charge in [-0.25, -0.2) is 4.79 Å². The van der Waals surface area contributed by atoms with Crippen molar-refractivity contribution in [3.8, 4) is 0 Å². The lowest BCUT2D eigenvalue weighted by Gasteiger charge is -1.95. The van der Waals surface area contributed by atoms with E-state index in [0.29, 0.717) is 22.8 Å². The van der Waals surface area contributed by atoms with Gasteiger partial charge in [-0.05, 0) is 18.2 Å². The third-order valence-electron chi connectivity index (χ3n) is 1.91. The molecule has 5 nitrogen and oxygen atoms in total. The third-order valence-corrected chi connectivity index (χ3v) is 1.91. The van der Waals surface area contributed by atoms with E-state index in [1.165, 1.54) is 6.20 Å². The third kappa shape index (κ3) is 1.15. The van der Waals surface area contributed by atoms with Gasteiger partial charge in [-0.3, -0.25) is 4.79 Å². The van der Waals surface area contributed by atoms with Crippen molar-refractivity contribution in [3.63, 3.8) is 0 Å². The quantitative estimate of drug-likeness (QED) is 0.689. The van der Waals surface area contributed by atoms with Gasteiger partial charge in [-0.15, -0.1) is 0 Å². The fourth-order valence-corrected chi connectivity index (χ4v) is 1.28. The average Bonchev–Trinajstić information content (AvgIpc) is 2.59. The highest BCUT2D eigenvalue weighted by molar-refractivity contribution is 5.90. The fourth-order valence-electron chi connectivity index (χ4n) is 1.28. The molecule has 2 aromatic rings. The van der Waals surface area contributed by atoms with Crippen LogP contribution in [0.5, 0.6) is 0 Å². The molecule has 0 amide bonds. The predicted molar refractivity (Wildman–Crippen MR) is 48.5 cm³/mol. The number of hydrogen-bond donors (Lipinski definition) is 1. The maximum absolute atomic E-state index is 10.7. The van der Waals surface area contributed by atoms with Crippen LogP contribution in [0.15, 0.2) is 24.4 Å². The molecule has 0 aliphatic heterocycles. The van der Waals surface area contributed by atoms with Gasteiger partial charge in [0.1, 0.15) is 6.29 Å². The van der Waals surface area contributed by atoms with E-state index in [2.05, 4.69) is 5.10 Å². The van der Waals surface area contributed by atoms with Crippen molar-refractivity contribution in [3.05, 3.63) is 30.0 Å². The summed E-state index contributed by atoms with van der Waals surface area (Å²) in [5.74, 6) is 0. The first-order chi connectivity index (χ1) is 6.72. The molecule has 0 fully saturated rings. The van der Waals surface area contributed by atoms with Crippen molar-refractivity contribution < 1.29 is 14.7 Å². The minimum Gasteiger partial charge on any atom is -0.463 e. The van der Waals surface area contributed by atoms with Crippen molar-refractivity contribution in [2.75, 3.05) is 0 Å². The Bertz CT molecular complexity index is 516. The van der Waals surface area contributed by atoms with Crippen molar-refractivity contribution in [1.82, 2.24) is 9.78 Å². The molecule has 0 bridgehead atoms. The Morgan fingerprint density at radius 1 is 1.50 bits per heavy atom. The molecule has 1 N–H and O–H groups in total. The van der Waals surface area contributed by atoms with Crippen molar-refractivity contribution >= 4 is 23.3 Å². The van der Waals surface area contributed by atoms with Crippen LogP contribution < -0.4 is 0 Å². The number of nitrogens with zero attached hydrogens (tertiary/aromatic N) is 2. The molecule has 1 aromatic carbocycles. The summed E-state index contributed by atoms with van der Waals surface area (Å²) in [4.78, 5) is 21.1. The SMILES string of the molecule is O=Cc1ccc2c(cnn2C(=O)O)c1. The summed E-state index contributed by atoms with van der Waals surface area (Å²) in [6.45, 7) is 0. The number of benzene rings is 1. The summed E-state index contributed by atoms with van der Waals surface area (Å²) in [5, 5.41) is 13.0. The zero-order valence-electron chi connectivity index (χ0n) is 7.04. The van der Waals surface area contributed by atoms with Crippen LogP contribution in [0.1, 0.15) is 10.4 Å². The highest BCUT2D eigenvalue weighted by atomic mass is 16.4. The van der Waals surface area contributed by atoms with E-state index in [4.69, 9.17) is 5.11 Å². The van der Waals surface area contributed by atoms with E-state index < -0.39 is 6.09 Å². The Morgan fingerprint density at radius 3 is 2.93 bits per heavy atom. The number of rotatable bonds is 1. The number of carbonyl (C=O) groups excluding carboxylic acids is 1. The van der Waals surface area contributed by atoms with Crippen molar-refractivity contribution in [2.45, 2.75) is 0 Å². The molecule has 5 heteroatoms. The normalized spacial score (nSPS) is 10.3. The van der Waals surface area contributed by atoms with Crippen LogP contribution in [0, 0.1) is 0 Å². The van der Waals surface area contributed by atoms with E-state index >= 15 is 0 Å². The first-order valence-electron chi connectivity index (χ1n) is 3.88. The molecule has 0 saturated carbocycles. The highest BCUT2D eigenvalue weighted by Gasteiger charge is 2.07. The second-order valence-corrected chi connectivity index (χ2v) is 2.78. The zero-order valence-corrected chi connectivity index (χ0v) is 7.04. The molecule has 0 saturated heterocycles. The van der Waals surface area contributed by atoms with Gasteiger partial charge < -0.3 is 5.11 Å². The molecule has 1 aromatic heterocycles. The Balaban J connectivity index is 2.71. The molecule has 14 heavy (non-hydrogen) atoms. The Morgan fingerprint density at radius 2 is 2.29 bits per heavy atom. The first kappa shape index (κ1) is 8.43. The van der Waals surface area contributed by atoms with Crippen LogP contribution in [-0.2, 0) is 0 Å². The maximum atomic E-state index is 10.7. The number of carbonyl (C=O) groups is 2. The van der Waals surface area contributed by atoms with Gasteiger partial charge >= 0.3 is 6.09 Å². The fraction of sp³-hybridized carbons (Fsp3) is 0. The molecular formula is C9H6N2O3. The largest absolute Gasteiger partial charge is 0.463 e. The molecule has 0 radical (unpaired) electrons. The van der Waals surface area contributed by atoms with E-state index in [1.807, 2.05) is 0 Å². The Labute approximate surface area is 78.6 Å². The topological polar surface area (TPSA) is 72.2 Å². The van der Waals surface area contributed by atoms with E-state index in [1.54, 1.807) is 18.2 Å². The van der Waals surface area contributed by atoms with Crippen LogP contribution in [-0.4, -0.2) is 27.3 Å². The highest BCUT2D eigenvalue weighted by Crippen LogP contribution is 2.14. The number of hydrogen-bond acceptors (Lipinski definition) is 3. The summed E-state index contributed by atoms with van der Waals surface area (Å²) in [5.41, 5.74) is 0.977. The minimum atomic E-state index is -1.14. The smallest absolute Gasteiger partial charge is 0.432 e. The summed E-state index contributed by atoms with van der Waals surface area (Å²) in [6.07, 6.45) is 0.979. The minimum absolute atomic E-state index is 0.475. The summed E-state index contributed by atoms with van der Waals surface area (Å²) in [6, 6.07) is 4.70. The lowest BCUT2D eigenvalue weighted by molar-refractivity contribution is 0.112. The van der Waals surface area contributed by atoms with Crippen LogP contribution in [0.2, 0.25) is 0 Å². The molecule has 0 unspecified atom stereocenters. The van der Waals surface area contributed by atoms with Crippen LogP contribution in [0.3, 0.4) is 0 Å². The van der Waals surface area contributed by atoms with Crippen LogP contribution >= 0.6 is 0 Å². The van der Waals surface area contributed by atoms with Gasteiger partial charge in [0.25, 0.3) is 0 Å². The van der Waals surface area contributed by atoms with Gasteiger partial charge in [0.2, 0.25) is 0 Å². The molecule has 0 atom stereocenters. The van der Waals surface area contributed by atoms with E-state index in [0.717, 1.165) is 4.68 Å². The number of aromatic nitrogens is 2. The van der Waals surface area contributed by atoms with Crippen LogP contribution in [0.4, 0.5) is 4.79 Å². The second kappa shape index (κ2) is 2.95. The second-order valence-electron chi connectivity index (χ2n) is 2.78. The lowest BCUT2D eigenvalue weighted by Crippen LogP contribution is -2.08. The zero-order chi connectivity index (χ0) is 10.1. The molecular weight excluding hydrogens is 184 g/mol. The summed E-state index contributed by atoms with van der Waals surface area (Å²) >= 11 is 0. The predicted octanol–water partition coefficient (Wildman–Crippen LogP) is 1.37. The van der Waals surface area contributed by atoms with E-state index in [-0.39, 0.29) is 0 Å². The van der Waals surface area contributed by atoms with Crippen LogP contribution in [0.25, 0.3) is 10.9 Å². The number of fused-ring (bicyclic) bond motifs is 1. The Hall–Kier alpha value is -2.17.